The molecule has 4 nitrogen and oxygen atoms in total. The quantitative estimate of drug-likeness (QED) is 0.167. The van der Waals surface area contributed by atoms with Crippen LogP contribution in [0.3, 0.4) is 0 Å². The van der Waals surface area contributed by atoms with Crippen LogP contribution < -0.4 is 0 Å². The second-order valence-corrected chi connectivity index (χ2v) is 14.7. The summed E-state index contributed by atoms with van der Waals surface area (Å²) in [6, 6.07) is 27.2. The van der Waals surface area contributed by atoms with Crippen molar-refractivity contribution in [3.8, 4) is 11.3 Å². The van der Waals surface area contributed by atoms with E-state index in [0.29, 0.717) is 0 Å². The molecule has 0 aliphatic heterocycles. The number of aryl methyl sites for hydroxylation is 3. The van der Waals surface area contributed by atoms with Gasteiger partial charge in [-0.05, 0) is 52.1 Å². The Labute approximate surface area is 296 Å². The first-order valence-electron chi connectivity index (χ1n) is 17.1. The van der Waals surface area contributed by atoms with Gasteiger partial charge in [0.05, 0.1) is 5.65 Å². The van der Waals surface area contributed by atoms with Gasteiger partial charge >= 0.3 is 0 Å². The fourth-order valence-electron chi connectivity index (χ4n) is 7.69. The van der Waals surface area contributed by atoms with Crippen LogP contribution in [-0.4, -0.2) is 18.8 Å². The van der Waals surface area contributed by atoms with Crippen LogP contribution in [0.15, 0.2) is 79.1 Å². The molecule has 5 heteroatoms. The summed E-state index contributed by atoms with van der Waals surface area (Å²) in [4.78, 5) is 9.35. The summed E-state index contributed by atoms with van der Waals surface area (Å²) in [6.45, 7) is 13.0. The van der Waals surface area contributed by atoms with Crippen LogP contribution in [0.5, 0.6) is 0 Å². The number of hydrogen-bond donors (Lipinski definition) is 0. The van der Waals surface area contributed by atoms with Crippen molar-refractivity contribution in [2.75, 3.05) is 0 Å². The first-order valence-corrected chi connectivity index (χ1v) is 17.1. The molecule has 1 radical (unpaired) electrons. The van der Waals surface area contributed by atoms with Crippen molar-refractivity contribution in [3.63, 3.8) is 0 Å². The molecule has 0 bridgehead atoms. The van der Waals surface area contributed by atoms with E-state index in [-0.39, 0.29) is 25.5 Å². The molecule has 0 atom stereocenters. The Bertz CT molecular complexity index is 2380. The standard InChI is InChI=1S/C27H24N3.C16H18N.Ir/c1-16-15-29-26-24-19(11-12-28-26)14-20(13-18-7-3-4-8-18)23-21-9-5-6-10-22(21)30(25(23)24)27(29)17(16)2;1-12-5-7-13(8-6-12)15-10-9-14(11-17-15)16(2,3)4;/h5-6,9-12,14,18H,3-4,7-8,13H2,1-2H3;5-7,9-11H,1-4H3;/q2*-1;. The van der Waals surface area contributed by atoms with E-state index in [1.165, 1.54) is 98.1 Å². The number of fused-ring (bicyclic) bond motifs is 6. The Balaban J connectivity index is 0.000000174. The summed E-state index contributed by atoms with van der Waals surface area (Å²) >= 11 is 0. The van der Waals surface area contributed by atoms with Crippen molar-refractivity contribution >= 4 is 43.9 Å². The van der Waals surface area contributed by atoms with Crippen molar-refractivity contribution in [1.82, 2.24) is 18.8 Å². The molecule has 1 fully saturated rings. The first kappa shape index (κ1) is 32.5. The van der Waals surface area contributed by atoms with Crippen LogP contribution in [0.2, 0.25) is 0 Å². The molecule has 0 amide bonds. The SMILES string of the molecule is Cc1[c-]n2c3nccc4cc(CC5CCCC5)c5c6ccccc6n(c5c43)c2c1C.Cc1c[c-]c(-c2ccc(C(C)(C)C)cn2)cc1.[Ir]. The van der Waals surface area contributed by atoms with Gasteiger partial charge in [-0.2, -0.15) is 0 Å². The zero-order valence-electron chi connectivity index (χ0n) is 28.7. The third kappa shape index (κ3) is 5.42. The van der Waals surface area contributed by atoms with Crippen molar-refractivity contribution in [3.05, 3.63) is 119 Å². The number of nitrogens with zero attached hydrogens (tertiary/aromatic N) is 4. The Morgan fingerprint density at radius 2 is 1.69 bits per heavy atom. The topological polar surface area (TPSA) is 34.6 Å². The Morgan fingerprint density at radius 3 is 2.40 bits per heavy atom. The van der Waals surface area contributed by atoms with Gasteiger partial charge in [-0.3, -0.25) is 4.98 Å². The Kier molecular flexibility index (Phi) is 8.42. The molecule has 0 N–H and O–H groups in total. The second-order valence-electron chi connectivity index (χ2n) is 14.7. The monoisotopic (exact) mass is 807 g/mol. The van der Waals surface area contributed by atoms with Crippen molar-refractivity contribution < 1.29 is 20.1 Å². The van der Waals surface area contributed by atoms with E-state index < -0.39 is 0 Å². The van der Waals surface area contributed by atoms with Crippen LogP contribution in [0, 0.1) is 39.0 Å². The average Bonchev–Trinajstić information content (AvgIpc) is 3.78. The number of hydrogen-bond acceptors (Lipinski definition) is 2. The van der Waals surface area contributed by atoms with Crippen LogP contribution in [0.4, 0.5) is 0 Å². The predicted octanol–water partition coefficient (Wildman–Crippen LogP) is 10.8. The molecule has 5 heterocycles. The molecule has 8 aromatic rings. The van der Waals surface area contributed by atoms with Gasteiger partial charge in [-0.1, -0.05) is 110 Å². The van der Waals surface area contributed by atoms with Crippen molar-refractivity contribution in [2.24, 2.45) is 5.92 Å². The molecule has 5 aromatic heterocycles. The minimum Gasteiger partial charge on any atom is -0.414 e. The molecule has 0 unspecified atom stereocenters. The molecule has 9 rings (SSSR count). The van der Waals surface area contributed by atoms with Crippen LogP contribution in [0.25, 0.3) is 55.1 Å². The molecular formula is C43H42IrN4-2. The summed E-state index contributed by atoms with van der Waals surface area (Å²) in [5, 5.41) is 5.36. The predicted molar refractivity (Wildman–Crippen MR) is 196 cm³/mol. The number of aromatic nitrogens is 4. The fourth-order valence-corrected chi connectivity index (χ4v) is 7.69. The molecular weight excluding hydrogens is 765 g/mol. The number of pyridine rings is 2. The second kappa shape index (κ2) is 12.4. The van der Waals surface area contributed by atoms with Gasteiger partial charge in [-0.25, -0.2) is 0 Å². The summed E-state index contributed by atoms with van der Waals surface area (Å²) in [5.74, 6) is 0.818. The minimum atomic E-state index is 0. The van der Waals surface area contributed by atoms with E-state index >= 15 is 0 Å². The van der Waals surface area contributed by atoms with Gasteiger partial charge < -0.3 is 13.8 Å². The minimum absolute atomic E-state index is 0. The maximum absolute atomic E-state index is 4.84. The van der Waals surface area contributed by atoms with Gasteiger partial charge in [0.15, 0.2) is 0 Å². The maximum atomic E-state index is 4.84. The van der Waals surface area contributed by atoms with E-state index in [1.807, 2.05) is 18.5 Å². The smallest absolute Gasteiger partial charge is 0.0651 e. The number of rotatable bonds is 3. The number of benzene rings is 3. The van der Waals surface area contributed by atoms with Gasteiger partial charge in [0.25, 0.3) is 0 Å². The summed E-state index contributed by atoms with van der Waals surface area (Å²) in [5.41, 5.74) is 13.5. The van der Waals surface area contributed by atoms with Crippen molar-refractivity contribution in [1.29, 1.82) is 0 Å². The van der Waals surface area contributed by atoms with E-state index in [1.54, 1.807) is 0 Å². The van der Waals surface area contributed by atoms with Gasteiger partial charge in [-0.15, -0.1) is 46.5 Å². The molecule has 3 aromatic carbocycles. The molecule has 1 saturated carbocycles. The number of para-hydroxylation sites is 1. The molecule has 0 spiro atoms. The zero-order chi connectivity index (χ0) is 32.4. The van der Waals surface area contributed by atoms with Crippen LogP contribution in [0.1, 0.15) is 74.3 Å². The van der Waals surface area contributed by atoms with Gasteiger partial charge in [0.2, 0.25) is 0 Å². The Hall–Kier alpha value is -4.05. The van der Waals surface area contributed by atoms with Crippen molar-refractivity contribution in [2.45, 2.75) is 79.1 Å². The summed E-state index contributed by atoms with van der Waals surface area (Å²) in [7, 11) is 0. The largest absolute Gasteiger partial charge is 0.414 e. The molecule has 1 aliphatic carbocycles. The maximum Gasteiger partial charge on any atom is 0.0651 e. The Morgan fingerprint density at radius 1 is 0.896 bits per heavy atom. The van der Waals surface area contributed by atoms with E-state index in [0.717, 1.165) is 22.8 Å². The normalized spacial score (nSPS) is 14.0. The molecule has 1 aliphatic rings. The summed E-state index contributed by atoms with van der Waals surface area (Å²) < 4.78 is 4.67. The third-order valence-electron chi connectivity index (χ3n) is 10.4. The third-order valence-corrected chi connectivity index (χ3v) is 10.4. The fraction of sp³-hybridized carbons (Fsp3) is 0.302. The van der Waals surface area contributed by atoms with E-state index in [9.17, 15) is 0 Å². The first-order chi connectivity index (χ1) is 22.7. The van der Waals surface area contributed by atoms with Gasteiger partial charge in [0, 0.05) is 65.3 Å². The van der Waals surface area contributed by atoms with Gasteiger partial charge in [0.1, 0.15) is 0 Å². The summed E-state index contributed by atoms with van der Waals surface area (Å²) in [6.07, 6.45) is 14.2. The van der Waals surface area contributed by atoms with E-state index in [4.69, 9.17) is 4.98 Å². The zero-order valence-corrected chi connectivity index (χ0v) is 31.1. The average molecular weight is 807 g/mol. The molecule has 245 valence electrons. The van der Waals surface area contributed by atoms with Crippen LogP contribution >= 0.6 is 0 Å². The molecule has 48 heavy (non-hydrogen) atoms. The van der Waals surface area contributed by atoms with Crippen LogP contribution in [-0.2, 0) is 31.9 Å². The van der Waals surface area contributed by atoms with E-state index in [2.05, 4.69) is 128 Å². The molecule has 0 saturated heterocycles.